The summed E-state index contributed by atoms with van der Waals surface area (Å²) in [5.41, 5.74) is 1.08. The molecule has 0 aromatic heterocycles. The number of rotatable bonds is 1. The Morgan fingerprint density at radius 2 is 2.00 bits per heavy atom. The van der Waals surface area contributed by atoms with Gasteiger partial charge in [-0.25, -0.2) is 0 Å². The average molecular weight is 241 g/mol. The van der Waals surface area contributed by atoms with Crippen molar-refractivity contribution in [3.63, 3.8) is 0 Å². The van der Waals surface area contributed by atoms with E-state index >= 15 is 0 Å². The molecule has 1 N–H and O–H groups in total. The van der Waals surface area contributed by atoms with Crippen molar-refractivity contribution in [2.45, 2.75) is 18.9 Å². The highest BCUT2D eigenvalue weighted by atomic mass is 16.3. The molecule has 1 heterocycles. The Bertz CT molecular complexity index is 459. The Balaban J connectivity index is 1.55. The molecule has 1 aromatic rings. The number of nitrogens with zero attached hydrogens (tertiary/aromatic N) is 1. The highest BCUT2D eigenvalue weighted by molar-refractivity contribution is 5.33. The smallest absolute Gasteiger partial charge is 0.0605 e. The lowest BCUT2D eigenvalue weighted by molar-refractivity contribution is 0.125. The van der Waals surface area contributed by atoms with E-state index in [-0.39, 0.29) is 6.10 Å². The van der Waals surface area contributed by atoms with Crippen LogP contribution in [0.3, 0.4) is 0 Å². The maximum absolute atomic E-state index is 9.86. The van der Waals surface area contributed by atoms with Gasteiger partial charge in [-0.1, -0.05) is 30.0 Å². The molecular weight excluding hydrogens is 222 g/mol. The van der Waals surface area contributed by atoms with Gasteiger partial charge >= 0.3 is 0 Å². The van der Waals surface area contributed by atoms with Crippen molar-refractivity contribution >= 4 is 0 Å². The monoisotopic (exact) mass is 241 g/mol. The molecule has 94 valence electrons. The number of aliphatic hydroxyl groups excluding tert-OH is 1. The molecule has 3 rings (SSSR count). The molecule has 2 fully saturated rings. The summed E-state index contributed by atoms with van der Waals surface area (Å²) in [5.74, 6) is 7.65. The third kappa shape index (κ3) is 2.43. The summed E-state index contributed by atoms with van der Waals surface area (Å²) < 4.78 is 0. The van der Waals surface area contributed by atoms with Crippen LogP contribution in [0.4, 0.5) is 0 Å². The number of aliphatic hydroxyl groups is 1. The van der Waals surface area contributed by atoms with Crippen LogP contribution in [0, 0.1) is 23.7 Å². The predicted octanol–water partition coefficient (Wildman–Crippen LogP) is 1.74. The van der Waals surface area contributed by atoms with Crippen LogP contribution < -0.4 is 0 Å². The lowest BCUT2D eigenvalue weighted by atomic mass is 10.00. The fourth-order valence-electron chi connectivity index (χ4n) is 3.23. The van der Waals surface area contributed by atoms with E-state index in [1.807, 2.05) is 30.3 Å². The molecule has 0 spiro atoms. The Kier molecular flexibility index (Phi) is 3.36. The summed E-state index contributed by atoms with van der Waals surface area (Å²) in [6.45, 7) is 2.97. The second-order valence-corrected chi connectivity index (χ2v) is 5.43. The Morgan fingerprint density at radius 3 is 2.78 bits per heavy atom. The van der Waals surface area contributed by atoms with Gasteiger partial charge in [-0.3, -0.25) is 4.90 Å². The summed E-state index contributed by atoms with van der Waals surface area (Å²) in [4.78, 5) is 2.38. The third-order valence-electron chi connectivity index (χ3n) is 4.20. The molecule has 1 saturated heterocycles. The van der Waals surface area contributed by atoms with Gasteiger partial charge in [0.15, 0.2) is 0 Å². The van der Waals surface area contributed by atoms with Gasteiger partial charge < -0.3 is 5.11 Å². The molecule has 18 heavy (non-hydrogen) atoms. The van der Waals surface area contributed by atoms with Crippen molar-refractivity contribution in [2.75, 3.05) is 19.6 Å². The third-order valence-corrected chi connectivity index (χ3v) is 4.20. The van der Waals surface area contributed by atoms with Gasteiger partial charge in [0.05, 0.1) is 12.6 Å². The van der Waals surface area contributed by atoms with E-state index in [1.165, 1.54) is 6.42 Å². The molecular formula is C16H19NO. The molecule has 0 radical (unpaired) electrons. The molecule has 1 aromatic carbocycles. The lowest BCUT2D eigenvalue weighted by Crippen LogP contribution is -2.25. The second-order valence-electron chi connectivity index (χ2n) is 5.43. The van der Waals surface area contributed by atoms with E-state index in [9.17, 15) is 5.11 Å². The van der Waals surface area contributed by atoms with E-state index in [4.69, 9.17) is 0 Å². The van der Waals surface area contributed by atoms with Crippen LogP contribution in [0.2, 0.25) is 0 Å². The van der Waals surface area contributed by atoms with Crippen LogP contribution in [0.25, 0.3) is 0 Å². The van der Waals surface area contributed by atoms with Crippen molar-refractivity contribution in [3.8, 4) is 11.8 Å². The zero-order valence-electron chi connectivity index (χ0n) is 10.5. The molecule has 1 aliphatic heterocycles. The van der Waals surface area contributed by atoms with Crippen LogP contribution >= 0.6 is 0 Å². The van der Waals surface area contributed by atoms with Crippen molar-refractivity contribution in [1.82, 2.24) is 4.90 Å². The molecule has 3 unspecified atom stereocenters. The molecule has 2 nitrogen and oxygen atoms in total. The van der Waals surface area contributed by atoms with E-state index < -0.39 is 0 Å². The zero-order chi connectivity index (χ0) is 12.4. The Labute approximate surface area is 109 Å². The minimum atomic E-state index is -0.0675. The fourth-order valence-corrected chi connectivity index (χ4v) is 3.23. The summed E-state index contributed by atoms with van der Waals surface area (Å²) in [5, 5.41) is 9.86. The van der Waals surface area contributed by atoms with Crippen LogP contribution in [0.15, 0.2) is 30.3 Å². The summed E-state index contributed by atoms with van der Waals surface area (Å²) >= 11 is 0. The number of likely N-dealkylation sites (tertiary alicyclic amines) is 1. The molecule has 3 atom stereocenters. The molecule has 0 bridgehead atoms. The lowest BCUT2D eigenvalue weighted by Gasteiger charge is -2.14. The van der Waals surface area contributed by atoms with Crippen LogP contribution in [0.5, 0.6) is 0 Å². The van der Waals surface area contributed by atoms with E-state index in [0.29, 0.717) is 11.8 Å². The first-order chi connectivity index (χ1) is 8.83. The number of hydrogen-bond donors (Lipinski definition) is 1. The topological polar surface area (TPSA) is 23.5 Å². The van der Waals surface area contributed by atoms with Gasteiger partial charge in [-0.15, -0.1) is 0 Å². The van der Waals surface area contributed by atoms with Gasteiger partial charge in [0.1, 0.15) is 0 Å². The minimum Gasteiger partial charge on any atom is -0.393 e. The van der Waals surface area contributed by atoms with Gasteiger partial charge in [0, 0.05) is 24.6 Å². The van der Waals surface area contributed by atoms with E-state index in [2.05, 4.69) is 16.7 Å². The van der Waals surface area contributed by atoms with E-state index in [1.54, 1.807) is 0 Å². The first-order valence-electron chi connectivity index (χ1n) is 6.77. The highest BCUT2D eigenvalue weighted by Crippen LogP contribution is 2.37. The van der Waals surface area contributed by atoms with Gasteiger partial charge in [-0.05, 0) is 30.9 Å². The maximum atomic E-state index is 9.86. The summed E-state index contributed by atoms with van der Waals surface area (Å²) in [6.07, 6.45) is 2.12. The van der Waals surface area contributed by atoms with Gasteiger partial charge in [0.25, 0.3) is 0 Å². The van der Waals surface area contributed by atoms with Crippen molar-refractivity contribution < 1.29 is 5.11 Å². The SMILES string of the molecule is OC1CCC2CN(CC#Cc3ccccc3)CC12. The maximum Gasteiger partial charge on any atom is 0.0605 e. The molecule has 2 aliphatic rings. The average Bonchev–Trinajstić information content (AvgIpc) is 2.94. The van der Waals surface area contributed by atoms with Crippen LogP contribution in [-0.2, 0) is 0 Å². The molecule has 1 saturated carbocycles. The molecule has 1 aliphatic carbocycles. The van der Waals surface area contributed by atoms with E-state index in [0.717, 1.165) is 31.6 Å². The molecule has 2 heteroatoms. The van der Waals surface area contributed by atoms with Crippen molar-refractivity contribution in [2.24, 2.45) is 11.8 Å². The largest absolute Gasteiger partial charge is 0.393 e. The normalized spacial score (nSPS) is 30.8. The number of hydrogen-bond acceptors (Lipinski definition) is 2. The van der Waals surface area contributed by atoms with Crippen molar-refractivity contribution in [1.29, 1.82) is 0 Å². The highest BCUT2D eigenvalue weighted by Gasteiger charge is 2.41. The Hall–Kier alpha value is -1.30. The predicted molar refractivity (Wildman–Crippen MR) is 72.0 cm³/mol. The standard InChI is InChI=1S/C16H19NO/c18-16-9-8-14-11-17(12-15(14)16)10-4-7-13-5-2-1-3-6-13/h1-3,5-6,14-16,18H,8-12H2. The van der Waals surface area contributed by atoms with Crippen LogP contribution in [0.1, 0.15) is 18.4 Å². The second kappa shape index (κ2) is 5.14. The number of benzene rings is 1. The first kappa shape index (κ1) is 11.8. The van der Waals surface area contributed by atoms with Crippen molar-refractivity contribution in [3.05, 3.63) is 35.9 Å². The fraction of sp³-hybridized carbons (Fsp3) is 0.500. The Morgan fingerprint density at radius 1 is 1.17 bits per heavy atom. The number of fused-ring (bicyclic) bond motifs is 1. The first-order valence-corrected chi connectivity index (χ1v) is 6.77. The summed E-state index contributed by atoms with van der Waals surface area (Å²) in [7, 11) is 0. The minimum absolute atomic E-state index is 0.0675. The molecule has 0 amide bonds. The van der Waals surface area contributed by atoms with Gasteiger partial charge in [-0.2, -0.15) is 0 Å². The van der Waals surface area contributed by atoms with Gasteiger partial charge in [0.2, 0.25) is 0 Å². The summed E-state index contributed by atoms with van der Waals surface area (Å²) in [6, 6.07) is 10.1. The quantitative estimate of drug-likeness (QED) is 0.757. The zero-order valence-corrected chi connectivity index (χ0v) is 10.5. The van der Waals surface area contributed by atoms with Crippen LogP contribution in [-0.4, -0.2) is 35.7 Å².